The molecule has 182 valence electrons. The number of guanidine groups is 1. The number of benzene rings is 3. The van der Waals surface area contributed by atoms with Crippen LogP contribution in [-0.4, -0.2) is 30.8 Å². The SMILES string of the molecule is COc1ccc2c(c1)CCC[C@@]1(C2)C[C@@]2(N=C(N)N(C)O2)c2cc(-c3cccc(C#N)c3)ccc2O1. The van der Waals surface area contributed by atoms with Crippen LogP contribution in [0.3, 0.4) is 0 Å². The first-order valence-electron chi connectivity index (χ1n) is 12.2. The summed E-state index contributed by atoms with van der Waals surface area (Å²) < 4.78 is 12.3. The molecule has 0 unspecified atom stereocenters. The number of ether oxygens (including phenoxy) is 2. The number of fused-ring (bicyclic) bond motifs is 3. The second-order valence-corrected chi connectivity index (χ2v) is 9.87. The molecule has 0 aromatic heterocycles. The number of hydroxylamine groups is 2. The third kappa shape index (κ3) is 3.66. The highest BCUT2D eigenvalue weighted by molar-refractivity contribution is 5.79. The van der Waals surface area contributed by atoms with Crippen molar-refractivity contribution in [1.29, 1.82) is 5.26 Å². The molecule has 2 spiro atoms. The molecule has 2 N–H and O–H groups in total. The second-order valence-electron chi connectivity index (χ2n) is 9.87. The largest absolute Gasteiger partial charge is 0.497 e. The summed E-state index contributed by atoms with van der Waals surface area (Å²) in [6.07, 6.45) is 4.13. The molecule has 6 rings (SSSR count). The highest BCUT2D eigenvalue weighted by Gasteiger charge is 2.54. The van der Waals surface area contributed by atoms with Crippen molar-refractivity contribution in [2.24, 2.45) is 10.7 Å². The molecular formula is C29H28N4O3. The van der Waals surface area contributed by atoms with E-state index in [0.29, 0.717) is 17.9 Å². The maximum Gasteiger partial charge on any atom is 0.222 e. The molecule has 2 atom stereocenters. The normalized spacial score (nSPS) is 24.4. The van der Waals surface area contributed by atoms with Gasteiger partial charge in [-0.1, -0.05) is 24.3 Å². The summed E-state index contributed by atoms with van der Waals surface area (Å²) >= 11 is 0. The second kappa shape index (κ2) is 8.28. The van der Waals surface area contributed by atoms with Crippen molar-refractivity contribution in [3.8, 4) is 28.7 Å². The van der Waals surface area contributed by atoms with Crippen molar-refractivity contribution < 1.29 is 14.3 Å². The van der Waals surface area contributed by atoms with Gasteiger partial charge in [0.2, 0.25) is 11.7 Å². The van der Waals surface area contributed by atoms with E-state index in [-0.39, 0.29) is 0 Å². The van der Waals surface area contributed by atoms with E-state index in [0.717, 1.165) is 53.9 Å². The Balaban J connectivity index is 1.45. The Bertz CT molecular complexity index is 1430. The first-order valence-corrected chi connectivity index (χ1v) is 12.2. The molecule has 36 heavy (non-hydrogen) atoms. The van der Waals surface area contributed by atoms with Crippen molar-refractivity contribution in [3.63, 3.8) is 0 Å². The Hall–Kier alpha value is -4.02. The smallest absolute Gasteiger partial charge is 0.222 e. The summed E-state index contributed by atoms with van der Waals surface area (Å²) in [4.78, 5) is 11.3. The van der Waals surface area contributed by atoms with Crippen LogP contribution in [-0.2, 0) is 23.4 Å². The standard InChI is InChI=1S/C29H28N4O3/c1-33-27(31)32-29(36-33)18-28(12-4-7-21-14-24(34-2)10-8-23(21)16-28)35-26-11-9-22(15-25(26)29)20-6-3-5-19(13-20)17-30/h3,5-6,8-11,13-15H,4,7,12,16,18H2,1-2H3,(H2,31,32)/t28-,29+/m1/s1. The zero-order chi connectivity index (χ0) is 24.9. The Labute approximate surface area is 210 Å². The van der Waals surface area contributed by atoms with Gasteiger partial charge in [0.25, 0.3) is 0 Å². The number of rotatable bonds is 2. The summed E-state index contributed by atoms with van der Waals surface area (Å²) in [7, 11) is 3.48. The van der Waals surface area contributed by atoms with Crippen LogP contribution in [0.2, 0.25) is 0 Å². The van der Waals surface area contributed by atoms with Crippen molar-refractivity contribution in [1.82, 2.24) is 5.06 Å². The van der Waals surface area contributed by atoms with Crippen molar-refractivity contribution >= 4 is 5.96 Å². The lowest BCUT2D eigenvalue weighted by Crippen LogP contribution is -2.49. The zero-order valence-corrected chi connectivity index (χ0v) is 20.5. The van der Waals surface area contributed by atoms with E-state index in [1.54, 1.807) is 25.3 Å². The predicted molar refractivity (Wildman–Crippen MR) is 136 cm³/mol. The summed E-state index contributed by atoms with van der Waals surface area (Å²) in [5, 5.41) is 10.9. The van der Waals surface area contributed by atoms with Crippen LogP contribution in [0.5, 0.6) is 11.5 Å². The maximum atomic E-state index is 9.36. The number of aliphatic imine (C=N–C) groups is 1. The first kappa shape index (κ1) is 22.4. The number of nitrogens with two attached hydrogens (primary N) is 1. The molecule has 0 amide bonds. The fourth-order valence-electron chi connectivity index (χ4n) is 5.81. The molecule has 2 aliphatic heterocycles. The minimum atomic E-state index is -0.980. The Morgan fingerprint density at radius 3 is 2.72 bits per heavy atom. The average molecular weight is 481 g/mol. The summed E-state index contributed by atoms with van der Waals surface area (Å²) in [6.45, 7) is 0. The van der Waals surface area contributed by atoms with Gasteiger partial charge in [-0.15, -0.1) is 0 Å². The number of hydrogen-bond acceptors (Lipinski definition) is 7. The van der Waals surface area contributed by atoms with E-state index < -0.39 is 11.3 Å². The fraction of sp³-hybridized carbons (Fsp3) is 0.310. The molecule has 0 radical (unpaired) electrons. The third-order valence-electron chi connectivity index (χ3n) is 7.52. The Morgan fingerprint density at radius 2 is 1.94 bits per heavy atom. The van der Waals surface area contributed by atoms with Crippen molar-refractivity contribution in [2.75, 3.05) is 14.2 Å². The van der Waals surface area contributed by atoms with Gasteiger partial charge in [0.05, 0.1) is 24.3 Å². The number of nitrogens with zero attached hydrogens (tertiary/aromatic N) is 3. The maximum absolute atomic E-state index is 9.36. The van der Waals surface area contributed by atoms with E-state index in [1.165, 1.54) is 11.1 Å². The molecule has 0 fully saturated rings. The molecule has 3 aromatic carbocycles. The van der Waals surface area contributed by atoms with Gasteiger partial charge in [-0.25, -0.2) is 14.9 Å². The zero-order valence-electron chi connectivity index (χ0n) is 20.5. The topological polar surface area (TPSA) is 93.1 Å². The molecule has 1 aliphatic carbocycles. The lowest BCUT2D eigenvalue weighted by atomic mass is 9.78. The molecule has 0 saturated heterocycles. The molecule has 3 aliphatic rings. The molecule has 0 bridgehead atoms. The van der Waals surface area contributed by atoms with Gasteiger partial charge in [-0.3, -0.25) is 0 Å². The van der Waals surface area contributed by atoms with E-state index in [1.807, 2.05) is 36.4 Å². The molecule has 0 saturated carbocycles. The van der Waals surface area contributed by atoms with Gasteiger partial charge in [0, 0.05) is 19.9 Å². The van der Waals surface area contributed by atoms with Crippen LogP contribution in [0.25, 0.3) is 11.1 Å². The van der Waals surface area contributed by atoms with Gasteiger partial charge in [0.1, 0.15) is 17.1 Å². The van der Waals surface area contributed by atoms with Crippen LogP contribution in [0.4, 0.5) is 0 Å². The van der Waals surface area contributed by atoms with Crippen LogP contribution in [0, 0.1) is 11.3 Å². The Morgan fingerprint density at radius 1 is 1.08 bits per heavy atom. The van der Waals surface area contributed by atoms with Crippen LogP contribution in [0.1, 0.15) is 41.5 Å². The third-order valence-corrected chi connectivity index (χ3v) is 7.52. The minimum Gasteiger partial charge on any atom is -0.497 e. The van der Waals surface area contributed by atoms with Gasteiger partial charge in [0.15, 0.2) is 0 Å². The van der Waals surface area contributed by atoms with E-state index >= 15 is 0 Å². The average Bonchev–Trinajstić information content (AvgIpc) is 3.06. The van der Waals surface area contributed by atoms with Crippen molar-refractivity contribution in [3.05, 3.63) is 82.9 Å². The summed E-state index contributed by atoms with van der Waals surface area (Å²) in [6, 6.07) is 22.2. The number of nitriles is 1. The lowest BCUT2D eigenvalue weighted by molar-refractivity contribution is -0.204. The number of aryl methyl sites for hydroxylation is 1. The van der Waals surface area contributed by atoms with Gasteiger partial charge in [-0.2, -0.15) is 5.26 Å². The fourth-order valence-corrected chi connectivity index (χ4v) is 5.81. The number of methoxy groups -OCH3 is 1. The van der Waals surface area contributed by atoms with E-state index in [2.05, 4.69) is 24.3 Å². The monoisotopic (exact) mass is 480 g/mol. The first-order chi connectivity index (χ1) is 17.4. The minimum absolute atomic E-state index is 0.341. The summed E-state index contributed by atoms with van der Waals surface area (Å²) in [5.74, 6) is 1.97. The van der Waals surface area contributed by atoms with E-state index in [4.69, 9.17) is 25.0 Å². The van der Waals surface area contributed by atoms with Crippen LogP contribution < -0.4 is 15.2 Å². The highest BCUT2D eigenvalue weighted by Crippen LogP contribution is 2.53. The highest BCUT2D eigenvalue weighted by atomic mass is 16.7. The van der Waals surface area contributed by atoms with Gasteiger partial charge in [-0.05, 0) is 77.9 Å². The summed E-state index contributed by atoms with van der Waals surface area (Å²) in [5.41, 5.74) is 10.7. The van der Waals surface area contributed by atoms with Crippen molar-refractivity contribution in [2.45, 2.75) is 43.4 Å². The van der Waals surface area contributed by atoms with E-state index in [9.17, 15) is 5.26 Å². The molecule has 7 nitrogen and oxygen atoms in total. The quantitative estimate of drug-likeness (QED) is 0.573. The van der Waals surface area contributed by atoms with Gasteiger partial charge < -0.3 is 15.2 Å². The molecule has 2 heterocycles. The Kier molecular flexibility index (Phi) is 5.16. The molecule has 3 aromatic rings. The van der Waals surface area contributed by atoms with Crippen LogP contribution in [0.15, 0.2) is 65.7 Å². The van der Waals surface area contributed by atoms with Crippen LogP contribution >= 0.6 is 0 Å². The molecular weight excluding hydrogens is 452 g/mol. The molecule has 7 heteroatoms. The predicted octanol–water partition coefficient (Wildman–Crippen LogP) is 4.68. The van der Waals surface area contributed by atoms with Gasteiger partial charge >= 0.3 is 0 Å². The number of hydrogen-bond donors (Lipinski definition) is 1. The lowest BCUT2D eigenvalue weighted by Gasteiger charge is -2.45.